The molecule has 2 N–H and O–H groups in total. The van der Waals surface area contributed by atoms with Crippen LogP contribution in [-0.2, 0) is 22.6 Å². The number of anilines is 1. The van der Waals surface area contributed by atoms with Crippen molar-refractivity contribution >= 4 is 28.7 Å². The van der Waals surface area contributed by atoms with Crippen molar-refractivity contribution in [1.82, 2.24) is 29.4 Å². The number of aromatic amines is 1. The molecule has 2 amide bonds. The third kappa shape index (κ3) is 7.59. The topological polar surface area (TPSA) is 126 Å². The van der Waals surface area contributed by atoms with Gasteiger partial charge in [0.15, 0.2) is 5.65 Å². The molecule has 3 heterocycles. The molecule has 0 aromatic carbocycles. The van der Waals surface area contributed by atoms with E-state index in [2.05, 4.69) is 46.0 Å². The van der Waals surface area contributed by atoms with E-state index in [1.165, 1.54) is 21.9 Å². The van der Waals surface area contributed by atoms with Gasteiger partial charge < -0.3 is 19.8 Å². The number of aryl methyl sites for hydroxylation is 1. The van der Waals surface area contributed by atoms with Gasteiger partial charge in [0.25, 0.3) is 5.56 Å². The number of unbranched alkanes of at least 4 members (excludes halogenated alkanes) is 1. The van der Waals surface area contributed by atoms with Crippen molar-refractivity contribution in [2.45, 2.75) is 59.4 Å². The maximum atomic E-state index is 12.9. The van der Waals surface area contributed by atoms with Gasteiger partial charge in [0.05, 0.1) is 12.2 Å². The normalized spacial score (nSPS) is 11.8. The van der Waals surface area contributed by atoms with Crippen molar-refractivity contribution in [3.05, 3.63) is 58.7 Å². The number of nitrogens with one attached hydrogen (secondary N) is 2. The number of pyridine rings is 1. The Hall–Kier alpha value is -3.82. The summed E-state index contributed by atoms with van der Waals surface area (Å²) in [7, 11) is 3.36. The third-order valence-corrected chi connectivity index (χ3v) is 5.61. The van der Waals surface area contributed by atoms with E-state index >= 15 is 0 Å². The van der Waals surface area contributed by atoms with Gasteiger partial charge in [-0.15, -0.1) is 0 Å². The molecule has 3 aromatic rings. The minimum Gasteiger partial charge on any atom is -0.345 e. The summed E-state index contributed by atoms with van der Waals surface area (Å²) in [6.45, 7) is 6.77. The van der Waals surface area contributed by atoms with Gasteiger partial charge in [0.2, 0.25) is 11.8 Å². The Kier molecular flexibility index (Phi) is 8.73. The summed E-state index contributed by atoms with van der Waals surface area (Å²) in [6.07, 6.45) is 9.59. The molecule has 0 radical (unpaired) electrons. The van der Waals surface area contributed by atoms with E-state index in [1.807, 2.05) is 0 Å². The first-order valence-electron chi connectivity index (χ1n) is 12.1. The van der Waals surface area contributed by atoms with Crippen molar-refractivity contribution in [3.63, 3.8) is 0 Å². The van der Waals surface area contributed by atoms with Crippen LogP contribution in [0.2, 0.25) is 0 Å². The van der Waals surface area contributed by atoms with Crippen LogP contribution in [0.25, 0.3) is 11.2 Å². The summed E-state index contributed by atoms with van der Waals surface area (Å²) in [5.74, 6) is 0.244. The number of rotatable bonds is 10. The van der Waals surface area contributed by atoms with E-state index in [0.717, 1.165) is 24.1 Å². The molecule has 192 valence electrons. The highest BCUT2D eigenvalue weighted by atomic mass is 16.2. The first kappa shape index (κ1) is 26.8. The highest BCUT2D eigenvalue weighted by Crippen LogP contribution is 2.23. The Labute approximate surface area is 210 Å². The fraction of sp³-hybridized carbons (Fsp3) is 0.462. The molecule has 0 aliphatic carbocycles. The fourth-order valence-corrected chi connectivity index (χ4v) is 3.52. The molecular weight excluding hydrogens is 458 g/mol. The number of fused-ring (bicyclic) bond motifs is 1. The Morgan fingerprint density at radius 3 is 2.72 bits per heavy atom. The standard InChI is InChI=1S/C26H35N7O3/c1-26(2,3)14-13-18-23-24(28-17-27-18)31-20(30-23)16-33-15-9-10-19(25(33)36)29-21(34)11-7-6-8-12-22(35)32(4)5/h8-10,12,15,17H,6-7,11,13-14,16H2,1-5H3,(H,29,34)(H,27,28,30,31)/b12-8+. The lowest BCUT2D eigenvalue weighted by Crippen LogP contribution is -2.26. The summed E-state index contributed by atoms with van der Waals surface area (Å²) in [4.78, 5) is 54.8. The fourth-order valence-electron chi connectivity index (χ4n) is 3.52. The maximum Gasteiger partial charge on any atom is 0.274 e. The number of allylic oxidation sites excluding steroid dienone is 1. The lowest BCUT2D eigenvalue weighted by Gasteiger charge is -2.17. The van der Waals surface area contributed by atoms with E-state index in [1.54, 1.807) is 38.5 Å². The first-order valence-corrected chi connectivity index (χ1v) is 12.1. The van der Waals surface area contributed by atoms with Crippen LogP contribution < -0.4 is 10.9 Å². The van der Waals surface area contributed by atoms with Crippen LogP contribution in [0.3, 0.4) is 0 Å². The second-order valence-corrected chi connectivity index (χ2v) is 10.2. The number of imidazole rings is 1. The molecule has 0 atom stereocenters. The smallest absolute Gasteiger partial charge is 0.274 e. The highest BCUT2D eigenvalue weighted by Gasteiger charge is 2.15. The zero-order valence-electron chi connectivity index (χ0n) is 21.7. The summed E-state index contributed by atoms with van der Waals surface area (Å²) in [5.41, 5.74) is 2.31. The zero-order chi connectivity index (χ0) is 26.3. The molecule has 0 fully saturated rings. The van der Waals surface area contributed by atoms with E-state index in [4.69, 9.17) is 0 Å². The van der Waals surface area contributed by atoms with Crippen LogP contribution in [0, 0.1) is 5.41 Å². The number of carbonyl (C=O) groups excluding carboxylic acids is 2. The first-order chi connectivity index (χ1) is 17.0. The maximum absolute atomic E-state index is 12.9. The molecule has 0 aliphatic rings. The van der Waals surface area contributed by atoms with Crippen LogP contribution >= 0.6 is 0 Å². The van der Waals surface area contributed by atoms with Crippen LogP contribution in [-0.4, -0.2) is 55.3 Å². The van der Waals surface area contributed by atoms with Crippen molar-refractivity contribution in [2.24, 2.45) is 5.41 Å². The molecular formula is C26H35N7O3. The third-order valence-electron chi connectivity index (χ3n) is 5.61. The predicted molar refractivity (Wildman–Crippen MR) is 140 cm³/mol. The van der Waals surface area contributed by atoms with Crippen LogP contribution in [0.5, 0.6) is 0 Å². The Balaban J connectivity index is 1.63. The van der Waals surface area contributed by atoms with Gasteiger partial charge in [-0.3, -0.25) is 14.4 Å². The number of aromatic nitrogens is 5. The molecule has 0 bridgehead atoms. The van der Waals surface area contributed by atoms with E-state index in [0.29, 0.717) is 24.3 Å². The molecule has 0 unspecified atom stereocenters. The number of H-pyrrole nitrogens is 1. The Bertz CT molecular complexity index is 1300. The number of amides is 2. The quantitative estimate of drug-likeness (QED) is 0.330. The van der Waals surface area contributed by atoms with Crippen LogP contribution in [0.4, 0.5) is 5.69 Å². The van der Waals surface area contributed by atoms with Gasteiger partial charge in [0.1, 0.15) is 23.4 Å². The molecule has 0 aliphatic heterocycles. The zero-order valence-corrected chi connectivity index (χ0v) is 21.7. The molecule has 10 nitrogen and oxygen atoms in total. The summed E-state index contributed by atoms with van der Waals surface area (Å²) in [5, 5.41) is 2.70. The lowest BCUT2D eigenvalue weighted by atomic mass is 9.90. The van der Waals surface area contributed by atoms with E-state index in [-0.39, 0.29) is 41.4 Å². The SMILES string of the molecule is CN(C)C(=O)/C=C/CCCC(=O)Nc1cccn(Cc2nc3c(CCC(C)(C)C)ncnc3[nH]2)c1=O. The minimum atomic E-state index is -0.318. The second-order valence-electron chi connectivity index (χ2n) is 10.2. The molecule has 3 rings (SSSR count). The average molecular weight is 494 g/mol. The molecule has 3 aromatic heterocycles. The minimum absolute atomic E-state index is 0.0954. The summed E-state index contributed by atoms with van der Waals surface area (Å²) in [6, 6.07) is 3.30. The van der Waals surface area contributed by atoms with E-state index < -0.39 is 0 Å². The largest absolute Gasteiger partial charge is 0.345 e. The van der Waals surface area contributed by atoms with Crippen molar-refractivity contribution in [3.8, 4) is 0 Å². The molecule has 0 saturated heterocycles. The summed E-state index contributed by atoms with van der Waals surface area (Å²) >= 11 is 0. The van der Waals surface area contributed by atoms with Gasteiger partial charge >= 0.3 is 0 Å². The lowest BCUT2D eigenvalue weighted by molar-refractivity contribution is -0.123. The molecule has 10 heteroatoms. The Morgan fingerprint density at radius 2 is 2.00 bits per heavy atom. The van der Waals surface area contributed by atoms with Crippen molar-refractivity contribution in [1.29, 1.82) is 0 Å². The predicted octanol–water partition coefficient (Wildman–Crippen LogP) is 3.29. The summed E-state index contributed by atoms with van der Waals surface area (Å²) < 4.78 is 1.49. The van der Waals surface area contributed by atoms with Gasteiger partial charge in [-0.1, -0.05) is 26.8 Å². The second kappa shape index (κ2) is 11.7. The van der Waals surface area contributed by atoms with E-state index in [9.17, 15) is 14.4 Å². The number of nitrogens with zero attached hydrogens (tertiary/aromatic N) is 5. The molecule has 0 spiro atoms. The van der Waals surface area contributed by atoms with Gasteiger partial charge in [-0.05, 0) is 49.3 Å². The van der Waals surface area contributed by atoms with Crippen LogP contribution in [0.15, 0.2) is 41.6 Å². The number of hydrogen-bond acceptors (Lipinski definition) is 6. The monoisotopic (exact) mass is 493 g/mol. The van der Waals surface area contributed by atoms with Gasteiger partial charge in [-0.2, -0.15) is 0 Å². The molecule has 36 heavy (non-hydrogen) atoms. The van der Waals surface area contributed by atoms with Crippen molar-refractivity contribution < 1.29 is 9.59 Å². The highest BCUT2D eigenvalue weighted by molar-refractivity contribution is 5.90. The van der Waals surface area contributed by atoms with Crippen molar-refractivity contribution in [2.75, 3.05) is 19.4 Å². The Morgan fingerprint density at radius 1 is 1.22 bits per heavy atom. The van der Waals surface area contributed by atoms with Gasteiger partial charge in [0, 0.05) is 26.7 Å². The average Bonchev–Trinajstić information content (AvgIpc) is 3.22. The number of likely N-dealkylation sites (N-methyl/N-ethyl adjacent to an activating group) is 1. The number of carbonyl (C=O) groups is 2. The van der Waals surface area contributed by atoms with Gasteiger partial charge in [-0.25, -0.2) is 15.0 Å². The van der Waals surface area contributed by atoms with Crippen LogP contribution in [0.1, 0.15) is 58.0 Å². The number of hydrogen-bond donors (Lipinski definition) is 2. The molecule has 0 saturated carbocycles.